The van der Waals surface area contributed by atoms with Crippen LogP contribution in [0.1, 0.15) is 101 Å². The van der Waals surface area contributed by atoms with Crippen LogP contribution in [-0.2, 0) is 16.3 Å². The summed E-state index contributed by atoms with van der Waals surface area (Å²) in [4.78, 5) is 34.6. The molecule has 0 aromatic carbocycles. The quantitative estimate of drug-likeness (QED) is 0.434. The first-order chi connectivity index (χ1) is 19.0. The normalized spacial score (nSPS) is 29.6. The van der Waals surface area contributed by atoms with Crippen molar-refractivity contribution in [1.29, 1.82) is 0 Å². The summed E-state index contributed by atoms with van der Waals surface area (Å²) >= 11 is 0. The Bertz CT molecular complexity index is 1340. The third-order valence-electron chi connectivity index (χ3n) is 9.53. The van der Waals surface area contributed by atoms with Crippen molar-refractivity contribution in [2.45, 2.75) is 102 Å². The molecule has 4 saturated carbocycles. The first kappa shape index (κ1) is 28.3. The van der Waals surface area contributed by atoms with E-state index in [0.717, 1.165) is 23.8 Å². The van der Waals surface area contributed by atoms with Crippen LogP contribution in [0.3, 0.4) is 0 Å². The molecule has 2 amide bonds. The molecule has 8 nitrogen and oxygen atoms in total. The molecule has 0 N–H and O–H groups in total. The van der Waals surface area contributed by atoms with Crippen LogP contribution in [0.4, 0.5) is 18.0 Å². The second-order valence-electron chi connectivity index (χ2n) is 14.5. The van der Waals surface area contributed by atoms with Gasteiger partial charge in [-0.25, -0.2) is 14.3 Å². The number of ether oxygens (including phenoxy) is 1. The van der Waals surface area contributed by atoms with E-state index in [4.69, 9.17) is 9.72 Å². The number of nitrogens with zero attached hydrogens (tertiary/aromatic N) is 5. The maximum atomic E-state index is 14.4. The Morgan fingerprint density at radius 3 is 2.15 bits per heavy atom. The zero-order valence-electron chi connectivity index (χ0n) is 24.6. The lowest BCUT2D eigenvalue weighted by atomic mass is 9.49. The van der Waals surface area contributed by atoms with E-state index in [9.17, 15) is 22.8 Å². The minimum atomic E-state index is -4.65. The van der Waals surface area contributed by atoms with Crippen LogP contribution < -0.4 is 0 Å². The lowest BCUT2D eigenvalue weighted by molar-refractivity contribution is -0.142. The number of amides is 2. The lowest BCUT2D eigenvalue weighted by Gasteiger charge is -2.56. The van der Waals surface area contributed by atoms with E-state index >= 15 is 0 Å². The van der Waals surface area contributed by atoms with E-state index in [1.807, 2.05) is 13.8 Å². The monoisotopic (exact) mass is 575 g/mol. The molecule has 2 aromatic rings. The summed E-state index contributed by atoms with van der Waals surface area (Å²) in [5.74, 6) is 1.19. The van der Waals surface area contributed by atoms with E-state index in [1.54, 1.807) is 30.6 Å². The molecule has 5 aliphatic rings. The molecule has 1 saturated heterocycles. The van der Waals surface area contributed by atoms with Gasteiger partial charge >= 0.3 is 12.3 Å². The van der Waals surface area contributed by atoms with Gasteiger partial charge in [-0.1, -0.05) is 0 Å². The van der Waals surface area contributed by atoms with Crippen LogP contribution in [0.5, 0.6) is 0 Å². The van der Waals surface area contributed by atoms with Crippen LogP contribution >= 0.6 is 0 Å². The van der Waals surface area contributed by atoms with Crippen LogP contribution in [-0.4, -0.2) is 67.2 Å². The average Bonchev–Trinajstić information content (AvgIpc) is 3.19. The molecule has 3 heterocycles. The summed E-state index contributed by atoms with van der Waals surface area (Å²) in [5.41, 5.74) is -2.20. The van der Waals surface area contributed by atoms with E-state index < -0.39 is 35.0 Å². The highest BCUT2D eigenvalue weighted by atomic mass is 19.4. The molecule has 0 radical (unpaired) electrons. The summed E-state index contributed by atoms with van der Waals surface area (Å²) in [7, 11) is 0. The van der Waals surface area contributed by atoms with Gasteiger partial charge in [0.2, 0.25) is 0 Å². The number of hydrogen-bond donors (Lipinski definition) is 0. The molecule has 4 aliphatic carbocycles. The highest BCUT2D eigenvalue weighted by Gasteiger charge is 2.53. The topological polar surface area (TPSA) is 80.0 Å². The molecule has 0 spiro atoms. The van der Waals surface area contributed by atoms with Crippen molar-refractivity contribution in [3.8, 4) is 0 Å². The lowest BCUT2D eigenvalue weighted by Crippen LogP contribution is -2.53. The Kier molecular flexibility index (Phi) is 6.43. The zero-order valence-corrected chi connectivity index (χ0v) is 24.6. The molecule has 224 valence electrons. The number of aromatic nitrogens is 3. The molecule has 0 unspecified atom stereocenters. The molecule has 11 heteroatoms. The fourth-order valence-corrected chi connectivity index (χ4v) is 8.33. The Labute approximate surface area is 238 Å². The number of fused-ring (bicyclic) bond motifs is 1. The minimum absolute atomic E-state index is 0.0527. The van der Waals surface area contributed by atoms with Crippen molar-refractivity contribution in [3.63, 3.8) is 0 Å². The molecule has 5 fully saturated rings. The summed E-state index contributed by atoms with van der Waals surface area (Å²) in [5, 5.41) is 4.18. The fraction of sp³-hybridized carbons (Fsp3) is 0.733. The first-order valence-electron chi connectivity index (χ1n) is 14.8. The maximum Gasteiger partial charge on any atom is 0.433 e. The second-order valence-corrected chi connectivity index (χ2v) is 14.5. The molecule has 7 rings (SSSR count). The van der Waals surface area contributed by atoms with Gasteiger partial charge in [-0.3, -0.25) is 4.79 Å². The second kappa shape index (κ2) is 9.33. The van der Waals surface area contributed by atoms with Crippen LogP contribution in [0.2, 0.25) is 0 Å². The molecule has 41 heavy (non-hydrogen) atoms. The van der Waals surface area contributed by atoms with Crippen molar-refractivity contribution in [3.05, 3.63) is 29.2 Å². The fourth-order valence-electron chi connectivity index (χ4n) is 8.33. The summed E-state index contributed by atoms with van der Waals surface area (Å²) in [6, 6.07) is 2.59. The molecule has 4 bridgehead atoms. The molecule has 2 aromatic heterocycles. The number of alkyl halides is 3. The SMILES string of the molecule is CC(C)(C)OC(=O)N1CCCN(C(=O)c2cc3nc(C45CC6CC(CC(C6)C4)C5)cc(C(F)(F)F)n3n2)C(C)(C)C1. The van der Waals surface area contributed by atoms with Gasteiger partial charge in [0.15, 0.2) is 11.3 Å². The summed E-state index contributed by atoms with van der Waals surface area (Å²) in [6.45, 7) is 10.0. The minimum Gasteiger partial charge on any atom is -0.444 e. The van der Waals surface area contributed by atoms with Gasteiger partial charge in [-0.05, 0) is 103 Å². The molecular weight excluding hydrogens is 535 g/mol. The van der Waals surface area contributed by atoms with E-state index in [2.05, 4.69) is 5.10 Å². The van der Waals surface area contributed by atoms with Crippen LogP contribution in [0.15, 0.2) is 12.1 Å². The summed E-state index contributed by atoms with van der Waals surface area (Å²) < 4.78 is 49.6. The van der Waals surface area contributed by atoms with Crippen LogP contribution in [0, 0.1) is 17.8 Å². The van der Waals surface area contributed by atoms with Crippen molar-refractivity contribution < 1.29 is 27.5 Å². The predicted molar refractivity (Wildman–Crippen MR) is 145 cm³/mol. The number of rotatable bonds is 2. The van der Waals surface area contributed by atoms with Crippen molar-refractivity contribution in [1.82, 2.24) is 24.4 Å². The largest absolute Gasteiger partial charge is 0.444 e. The average molecular weight is 576 g/mol. The number of hydrogen-bond acceptors (Lipinski definition) is 5. The number of halogens is 3. The smallest absolute Gasteiger partial charge is 0.433 e. The Morgan fingerprint density at radius 2 is 1.59 bits per heavy atom. The summed E-state index contributed by atoms with van der Waals surface area (Å²) in [6.07, 6.45) is 1.58. The van der Waals surface area contributed by atoms with Gasteiger partial charge in [0, 0.05) is 31.1 Å². The van der Waals surface area contributed by atoms with Gasteiger partial charge in [0.05, 0.1) is 11.2 Å². The Morgan fingerprint density at radius 1 is 0.976 bits per heavy atom. The third kappa shape index (κ3) is 5.18. The van der Waals surface area contributed by atoms with Gasteiger partial charge in [0.1, 0.15) is 11.3 Å². The van der Waals surface area contributed by atoms with Gasteiger partial charge in [-0.15, -0.1) is 0 Å². The predicted octanol–water partition coefficient (Wildman–Crippen LogP) is 6.08. The Balaban J connectivity index is 1.33. The zero-order chi connectivity index (χ0) is 29.5. The van der Waals surface area contributed by atoms with Crippen molar-refractivity contribution in [2.75, 3.05) is 19.6 Å². The highest BCUT2D eigenvalue weighted by Crippen LogP contribution is 2.60. The van der Waals surface area contributed by atoms with Crippen LogP contribution in [0.25, 0.3) is 5.65 Å². The van der Waals surface area contributed by atoms with Gasteiger partial charge < -0.3 is 14.5 Å². The standard InChI is InChI=1S/C30H40F3N5O3/c1-27(2,3)41-26(40)36-7-6-8-37(28(4,5)17-36)25(39)21-12-24-34-22(13-23(30(31,32)33)38(24)35-21)29-14-18-9-19(15-29)11-20(10-18)16-29/h12-13,18-20H,6-11,14-17H2,1-5H3. The van der Waals surface area contributed by atoms with Crippen molar-refractivity contribution >= 4 is 17.6 Å². The van der Waals surface area contributed by atoms with E-state index in [-0.39, 0.29) is 23.3 Å². The first-order valence-corrected chi connectivity index (χ1v) is 14.8. The maximum absolute atomic E-state index is 14.4. The number of carbonyl (C=O) groups is 2. The molecule has 0 atom stereocenters. The molecule has 1 aliphatic heterocycles. The molecular formula is C30H40F3N5O3. The highest BCUT2D eigenvalue weighted by molar-refractivity contribution is 5.94. The van der Waals surface area contributed by atoms with E-state index in [0.29, 0.717) is 43.0 Å². The third-order valence-corrected chi connectivity index (χ3v) is 9.53. The Hall–Kier alpha value is -2.85. The van der Waals surface area contributed by atoms with E-state index in [1.165, 1.54) is 31.4 Å². The van der Waals surface area contributed by atoms with Crippen molar-refractivity contribution in [2.24, 2.45) is 17.8 Å². The number of carbonyl (C=O) groups excluding carboxylic acids is 2. The van der Waals surface area contributed by atoms with Gasteiger partial charge in [0.25, 0.3) is 5.91 Å². The van der Waals surface area contributed by atoms with Gasteiger partial charge in [-0.2, -0.15) is 18.3 Å².